The highest BCUT2D eigenvalue weighted by atomic mass is 16.7. The average molecular weight is 310 g/mol. The van der Waals surface area contributed by atoms with E-state index in [2.05, 4.69) is 18.8 Å². The van der Waals surface area contributed by atoms with Gasteiger partial charge in [0.15, 0.2) is 5.79 Å². The maximum absolute atomic E-state index is 10.3. The van der Waals surface area contributed by atoms with Crippen molar-refractivity contribution in [1.82, 2.24) is 0 Å². The van der Waals surface area contributed by atoms with Gasteiger partial charge in [-0.25, -0.2) is 0 Å². The molecule has 0 amide bonds. The van der Waals surface area contributed by atoms with Gasteiger partial charge in [0.2, 0.25) is 0 Å². The topological polar surface area (TPSA) is 47.9 Å². The fourth-order valence-corrected chi connectivity index (χ4v) is 2.99. The first-order valence-electron chi connectivity index (χ1n) is 8.64. The number of rotatable bonds is 6. The number of fused-ring (bicyclic) bond motifs is 1. The molecule has 0 radical (unpaired) electrons. The average Bonchev–Trinajstić information content (AvgIpc) is 2.77. The number of ether oxygens (including phenoxy) is 3. The Morgan fingerprint density at radius 1 is 1.14 bits per heavy atom. The summed E-state index contributed by atoms with van der Waals surface area (Å²) in [5.41, 5.74) is 0. The molecule has 1 N–H and O–H groups in total. The van der Waals surface area contributed by atoms with Gasteiger partial charge in [-0.1, -0.05) is 32.6 Å². The van der Waals surface area contributed by atoms with E-state index in [1.165, 1.54) is 25.7 Å². The lowest BCUT2D eigenvalue weighted by molar-refractivity contribution is -0.300. The van der Waals surface area contributed by atoms with Gasteiger partial charge >= 0.3 is 0 Å². The fraction of sp³-hybridized carbons (Fsp3) is 0.889. The Kier molecular flexibility index (Phi) is 6.70. The Bertz CT molecular complexity index is 396. The lowest BCUT2D eigenvalue weighted by atomic mass is 10.0. The van der Waals surface area contributed by atoms with Crippen molar-refractivity contribution in [3.8, 4) is 11.8 Å². The Morgan fingerprint density at radius 3 is 2.68 bits per heavy atom. The monoisotopic (exact) mass is 310 g/mol. The summed E-state index contributed by atoms with van der Waals surface area (Å²) in [5, 5.41) is 10.3. The van der Waals surface area contributed by atoms with Crippen molar-refractivity contribution in [1.29, 1.82) is 0 Å². The van der Waals surface area contributed by atoms with Crippen LogP contribution in [0.5, 0.6) is 0 Å². The van der Waals surface area contributed by atoms with Crippen LogP contribution in [0, 0.1) is 11.8 Å². The summed E-state index contributed by atoms with van der Waals surface area (Å²) in [6.07, 6.45) is 6.45. The summed E-state index contributed by atoms with van der Waals surface area (Å²) in [4.78, 5) is 0. The number of hydrogen-bond acceptors (Lipinski definition) is 4. The normalized spacial score (nSPS) is 33.1. The Morgan fingerprint density at radius 2 is 1.91 bits per heavy atom. The molecule has 126 valence electrons. The Labute approximate surface area is 134 Å². The number of aliphatic hydroxyl groups is 1. The smallest absolute Gasteiger partial charge is 0.163 e. The second-order valence-corrected chi connectivity index (χ2v) is 6.72. The molecule has 0 aromatic rings. The SMILES string of the molecule is CCCCCCCC#CC[C@@H]1O[C@H]2COC(C)(C)O[C@H]2[C@@H]1O. The third-order valence-corrected chi connectivity index (χ3v) is 4.28. The van der Waals surface area contributed by atoms with Gasteiger partial charge < -0.3 is 19.3 Å². The van der Waals surface area contributed by atoms with E-state index in [9.17, 15) is 5.11 Å². The molecule has 0 unspecified atom stereocenters. The Balaban J connectivity index is 1.69. The molecule has 0 bridgehead atoms. The van der Waals surface area contributed by atoms with Gasteiger partial charge in [-0.3, -0.25) is 0 Å². The molecule has 0 saturated carbocycles. The quantitative estimate of drug-likeness (QED) is 0.605. The van der Waals surface area contributed by atoms with Crippen LogP contribution in [0.3, 0.4) is 0 Å². The van der Waals surface area contributed by atoms with Crippen LogP contribution in [-0.2, 0) is 14.2 Å². The number of hydrogen-bond donors (Lipinski definition) is 1. The van der Waals surface area contributed by atoms with Crippen LogP contribution in [-0.4, -0.2) is 41.9 Å². The molecule has 2 aliphatic heterocycles. The standard InChI is InChI=1S/C18H30O4/c1-4-5-6-7-8-9-10-11-12-14-16(19)17-15(21-14)13-20-18(2,3)22-17/h14-17,19H,4-9,12-13H2,1-3H3/t14-,15-,16+,17+/m0/s1. The summed E-state index contributed by atoms with van der Waals surface area (Å²) >= 11 is 0. The molecule has 2 heterocycles. The van der Waals surface area contributed by atoms with Crippen LogP contribution in [0.2, 0.25) is 0 Å². The molecule has 2 aliphatic rings. The highest BCUT2D eigenvalue weighted by Crippen LogP contribution is 2.34. The summed E-state index contributed by atoms with van der Waals surface area (Å²) < 4.78 is 17.2. The maximum Gasteiger partial charge on any atom is 0.163 e. The summed E-state index contributed by atoms with van der Waals surface area (Å²) in [6.45, 7) is 6.42. The predicted molar refractivity (Wildman–Crippen MR) is 85.3 cm³/mol. The third-order valence-electron chi connectivity index (χ3n) is 4.28. The first-order chi connectivity index (χ1) is 10.5. The first kappa shape index (κ1) is 17.7. The van der Waals surface area contributed by atoms with Crippen molar-refractivity contribution in [2.75, 3.05) is 6.61 Å². The van der Waals surface area contributed by atoms with Gasteiger partial charge in [0, 0.05) is 12.8 Å². The van der Waals surface area contributed by atoms with Crippen molar-refractivity contribution >= 4 is 0 Å². The highest BCUT2D eigenvalue weighted by Gasteiger charge is 2.49. The zero-order valence-electron chi connectivity index (χ0n) is 14.1. The fourth-order valence-electron chi connectivity index (χ4n) is 2.99. The summed E-state index contributed by atoms with van der Waals surface area (Å²) in [7, 11) is 0. The molecule has 0 aromatic carbocycles. The van der Waals surface area contributed by atoms with Crippen LogP contribution < -0.4 is 0 Å². The minimum absolute atomic E-state index is 0.177. The van der Waals surface area contributed by atoms with E-state index in [0.29, 0.717) is 13.0 Å². The number of aliphatic hydroxyl groups excluding tert-OH is 1. The second-order valence-electron chi connectivity index (χ2n) is 6.72. The first-order valence-corrected chi connectivity index (χ1v) is 8.64. The molecule has 4 atom stereocenters. The lowest BCUT2D eigenvalue weighted by Crippen LogP contribution is -2.50. The molecular weight excluding hydrogens is 280 g/mol. The van der Waals surface area contributed by atoms with Crippen LogP contribution in [0.4, 0.5) is 0 Å². The summed E-state index contributed by atoms with van der Waals surface area (Å²) in [5.74, 6) is 5.69. The molecule has 2 saturated heterocycles. The van der Waals surface area contributed by atoms with Crippen molar-refractivity contribution in [3.05, 3.63) is 0 Å². The molecule has 4 nitrogen and oxygen atoms in total. The molecule has 0 spiro atoms. The minimum atomic E-state index is -0.648. The molecule has 0 aliphatic carbocycles. The van der Waals surface area contributed by atoms with E-state index >= 15 is 0 Å². The van der Waals surface area contributed by atoms with E-state index in [4.69, 9.17) is 14.2 Å². The lowest BCUT2D eigenvalue weighted by Gasteiger charge is -2.37. The van der Waals surface area contributed by atoms with E-state index in [1.807, 2.05) is 13.8 Å². The molecular formula is C18H30O4. The van der Waals surface area contributed by atoms with Crippen LogP contribution in [0.25, 0.3) is 0 Å². The maximum atomic E-state index is 10.3. The summed E-state index contributed by atoms with van der Waals surface area (Å²) in [6, 6.07) is 0. The second kappa shape index (κ2) is 8.31. The largest absolute Gasteiger partial charge is 0.388 e. The van der Waals surface area contributed by atoms with Crippen molar-refractivity contribution < 1.29 is 19.3 Å². The van der Waals surface area contributed by atoms with Gasteiger partial charge in [-0.05, 0) is 20.3 Å². The predicted octanol–water partition coefficient (Wildman–Crippen LogP) is 3.02. The van der Waals surface area contributed by atoms with Crippen molar-refractivity contribution in [2.45, 2.75) is 95.9 Å². The third kappa shape index (κ3) is 4.96. The minimum Gasteiger partial charge on any atom is -0.388 e. The molecule has 22 heavy (non-hydrogen) atoms. The van der Waals surface area contributed by atoms with Crippen LogP contribution in [0.1, 0.15) is 65.7 Å². The molecule has 4 heteroatoms. The van der Waals surface area contributed by atoms with E-state index in [-0.39, 0.29) is 18.3 Å². The molecule has 2 fully saturated rings. The van der Waals surface area contributed by atoms with Crippen LogP contribution in [0.15, 0.2) is 0 Å². The van der Waals surface area contributed by atoms with Crippen molar-refractivity contribution in [2.24, 2.45) is 0 Å². The van der Waals surface area contributed by atoms with Gasteiger partial charge in [-0.2, -0.15) is 0 Å². The van der Waals surface area contributed by atoms with E-state index < -0.39 is 11.9 Å². The molecule has 0 aromatic heterocycles. The van der Waals surface area contributed by atoms with E-state index in [1.54, 1.807) is 0 Å². The highest BCUT2D eigenvalue weighted by molar-refractivity contribution is 5.05. The van der Waals surface area contributed by atoms with Crippen LogP contribution >= 0.6 is 0 Å². The zero-order chi connectivity index (χ0) is 16.0. The Hall–Kier alpha value is -0.600. The molecule has 2 rings (SSSR count). The van der Waals surface area contributed by atoms with Gasteiger partial charge in [0.1, 0.15) is 18.3 Å². The number of unbranched alkanes of at least 4 members (excludes halogenated alkanes) is 5. The van der Waals surface area contributed by atoms with Crippen molar-refractivity contribution in [3.63, 3.8) is 0 Å². The van der Waals surface area contributed by atoms with E-state index in [0.717, 1.165) is 12.8 Å². The van der Waals surface area contributed by atoms with Gasteiger partial charge in [-0.15, -0.1) is 11.8 Å². The van der Waals surface area contributed by atoms with Gasteiger partial charge in [0.25, 0.3) is 0 Å². The van der Waals surface area contributed by atoms with Gasteiger partial charge in [0.05, 0.1) is 12.7 Å². The zero-order valence-corrected chi connectivity index (χ0v) is 14.1.